The summed E-state index contributed by atoms with van der Waals surface area (Å²) in [5.41, 5.74) is -0.584. The maximum Gasteiger partial charge on any atom is 0.301 e. The van der Waals surface area contributed by atoms with Crippen LogP contribution in [-0.4, -0.2) is 24.8 Å². The molecule has 1 unspecified atom stereocenters. The van der Waals surface area contributed by atoms with Crippen molar-refractivity contribution in [2.45, 2.75) is 38.6 Å². The van der Waals surface area contributed by atoms with Crippen LogP contribution in [0.15, 0.2) is 0 Å². The third-order valence-corrected chi connectivity index (χ3v) is 3.60. The van der Waals surface area contributed by atoms with Gasteiger partial charge in [-0.05, 0) is 13.3 Å². The number of nitrogens with zero attached hydrogens (tertiary/aromatic N) is 1. The van der Waals surface area contributed by atoms with E-state index in [1.54, 1.807) is 6.92 Å². The maximum absolute atomic E-state index is 11.0. The van der Waals surface area contributed by atoms with Gasteiger partial charge in [0.2, 0.25) is 0 Å². The van der Waals surface area contributed by atoms with Gasteiger partial charge in [-0.3, -0.25) is 0 Å². The van der Waals surface area contributed by atoms with Gasteiger partial charge in [0, 0.05) is 17.2 Å². The van der Waals surface area contributed by atoms with Crippen LogP contribution in [0.2, 0.25) is 0 Å². The first-order valence-corrected chi connectivity index (χ1v) is 6.95. The molecule has 0 aliphatic heterocycles. The SMILES string of the molecule is CCCCCN(C(C)Cl)S(=O)(=O)Cl. The molecule has 0 rings (SSSR count). The van der Waals surface area contributed by atoms with Gasteiger partial charge in [0.1, 0.15) is 0 Å². The van der Waals surface area contributed by atoms with E-state index in [1.807, 2.05) is 6.92 Å². The molecule has 0 aliphatic rings. The minimum Gasteiger partial charge on any atom is -0.195 e. The maximum atomic E-state index is 11.0. The molecule has 0 saturated heterocycles. The summed E-state index contributed by atoms with van der Waals surface area (Å²) < 4.78 is 23.0. The van der Waals surface area contributed by atoms with Gasteiger partial charge >= 0.3 is 9.24 Å². The number of alkyl halides is 1. The van der Waals surface area contributed by atoms with E-state index in [1.165, 1.54) is 0 Å². The number of rotatable bonds is 6. The Kier molecular flexibility index (Phi) is 6.29. The van der Waals surface area contributed by atoms with Gasteiger partial charge in [-0.2, -0.15) is 12.7 Å². The molecule has 3 nitrogen and oxygen atoms in total. The minimum absolute atomic E-state index is 0.393. The highest BCUT2D eigenvalue weighted by atomic mass is 35.7. The van der Waals surface area contributed by atoms with Crippen molar-refractivity contribution < 1.29 is 8.42 Å². The van der Waals surface area contributed by atoms with E-state index in [0.29, 0.717) is 6.54 Å². The molecule has 0 spiro atoms. The largest absolute Gasteiger partial charge is 0.301 e. The summed E-state index contributed by atoms with van der Waals surface area (Å²) >= 11 is 5.67. The summed E-state index contributed by atoms with van der Waals surface area (Å²) in [5.74, 6) is 0. The number of halogens is 2. The van der Waals surface area contributed by atoms with Crippen LogP contribution in [0.1, 0.15) is 33.1 Å². The minimum atomic E-state index is -3.67. The smallest absolute Gasteiger partial charge is 0.195 e. The van der Waals surface area contributed by atoms with Crippen molar-refractivity contribution in [2.75, 3.05) is 6.54 Å². The average Bonchev–Trinajstić information content (AvgIpc) is 1.94. The molecule has 0 saturated carbocycles. The highest BCUT2D eigenvalue weighted by Gasteiger charge is 2.22. The Balaban J connectivity index is 4.13. The first kappa shape index (κ1) is 13.5. The topological polar surface area (TPSA) is 37.4 Å². The summed E-state index contributed by atoms with van der Waals surface area (Å²) in [6, 6.07) is 0. The van der Waals surface area contributed by atoms with Gasteiger partial charge < -0.3 is 0 Å². The molecular formula is C7H15Cl2NO2S. The van der Waals surface area contributed by atoms with Crippen LogP contribution in [0.25, 0.3) is 0 Å². The van der Waals surface area contributed by atoms with Crippen molar-refractivity contribution in [2.24, 2.45) is 0 Å². The zero-order chi connectivity index (χ0) is 10.5. The first-order valence-electron chi connectivity index (χ1n) is 4.25. The predicted molar refractivity (Wildman–Crippen MR) is 56.3 cm³/mol. The van der Waals surface area contributed by atoms with E-state index in [9.17, 15) is 8.42 Å². The van der Waals surface area contributed by atoms with Gasteiger partial charge in [0.05, 0.1) is 5.50 Å². The second kappa shape index (κ2) is 6.06. The quantitative estimate of drug-likeness (QED) is 0.313. The van der Waals surface area contributed by atoms with E-state index in [-0.39, 0.29) is 0 Å². The van der Waals surface area contributed by atoms with Crippen LogP contribution in [0.4, 0.5) is 0 Å². The normalized spacial score (nSPS) is 14.8. The molecule has 0 amide bonds. The van der Waals surface area contributed by atoms with Gasteiger partial charge in [-0.15, -0.1) is 11.6 Å². The summed E-state index contributed by atoms with van der Waals surface area (Å²) in [6.07, 6.45) is 2.80. The van der Waals surface area contributed by atoms with Crippen molar-refractivity contribution in [1.29, 1.82) is 0 Å². The van der Waals surface area contributed by atoms with Crippen LogP contribution in [0.3, 0.4) is 0 Å². The molecule has 0 N–H and O–H groups in total. The molecular weight excluding hydrogens is 233 g/mol. The number of hydrogen-bond donors (Lipinski definition) is 0. The lowest BCUT2D eigenvalue weighted by Gasteiger charge is -2.20. The van der Waals surface area contributed by atoms with Crippen molar-refractivity contribution in [3.63, 3.8) is 0 Å². The molecule has 0 fully saturated rings. The standard InChI is InChI=1S/C7H15Cl2NO2S/c1-3-4-5-6-10(7(2)8)13(9,11)12/h7H,3-6H2,1-2H3. The van der Waals surface area contributed by atoms with Crippen LogP contribution in [0.5, 0.6) is 0 Å². The van der Waals surface area contributed by atoms with Gasteiger partial charge in [-0.1, -0.05) is 19.8 Å². The van der Waals surface area contributed by atoms with E-state index < -0.39 is 14.7 Å². The predicted octanol–water partition coefficient (Wildman–Crippen LogP) is 2.55. The van der Waals surface area contributed by atoms with E-state index in [4.69, 9.17) is 22.3 Å². The lowest BCUT2D eigenvalue weighted by Crippen LogP contribution is -2.33. The molecule has 0 radical (unpaired) electrons. The Hall–Kier alpha value is 0.490. The van der Waals surface area contributed by atoms with Crippen molar-refractivity contribution in [1.82, 2.24) is 4.31 Å². The summed E-state index contributed by atoms with van der Waals surface area (Å²) in [7, 11) is 1.52. The summed E-state index contributed by atoms with van der Waals surface area (Å²) in [6.45, 7) is 4.03. The Morgan fingerprint density at radius 2 is 1.92 bits per heavy atom. The van der Waals surface area contributed by atoms with E-state index in [2.05, 4.69) is 0 Å². The van der Waals surface area contributed by atoms with Gasteiger partial charge in [0.15, 0.2) is 0 Å². The Morgan fingerprint density at radius 3 is 2.23 bits per heavy atom. The fraction of sp³-hybridized carbons (Fsp3) is 1.00. The first-order chi connectivity index (χ1) is 5.89. The van der Waals surface area contributed by atoms with Crippen molar-refractivity contribution >= 4 is 31.5 Å². The van der Waals surface area contributed by atoms with Crippen molar-refractivity contribution in [3.8, 4) is 0 Å². The van der Waals surface area contributed by atoms with Crippen molar-refractivity contribution in [3.05, 3.63) is 0 Å². The highest BCUT2D eigenvalue weighted by molar-refractivity contribution is 8.11. The van der Waals surface area contributed by atoms with Crippen LogP contribution in [0, 0.1) is 0 Å². The molecule has 0 aromatic rings. The Labute approximate surface area is 89.6 Å². The number of unbranched alkanes of at least 4 members (excludes halogenated alkanes) is 2. The Morgan fingerprint density at radius 1 is 1.38 bits per heavy atom. The zero-order valence-corrected chi connectivity index (χ0v) is 10.2. The van der Waals surface area contributed by atoms with Gasteiger partial charge in [0.25, 0.3) is 0 Å². The Bertz CT molecular complexity index is 229. The second-order valence-corrected chi connectivity index (χ2v) is 5.93. The van der Waals surface area contributed by atoms with E-state index in [0.717, 1.165) is 23.6 Å². The fourth-order valence-electron chi connectivity index (χ4n) is 0.978. The molecule has 0 aromatic carbocycles. The molecule has 0 heterocycles. The fourth-order valence-corrected chi connectivity index (χ4v) is 2.77. The molecule has 0 bridgehead atoms. The summed E-state index contributed by atoms with van der Waals surface area (Å²) in [4.78, 5) is 0. The van der Waals surface area contributed by atoms with Crippen LogP contribution >= 0.6 is 22.3 Å². The molecule has 13 heavy (non-hydrogen) atoms. The highest BCUT2D eigenvalue weighted by Crippen LogP contribution is 2.15. The molecule has 80 valence electrons. The second-order valence-electron chi connectivity index (χ2n) is 2.83. The summed E-state index contributed by atoms with van der Waals surface area (Å²) in [5, 5.41) is 0. The van der Waals surface area contributed by atoms with E-state index >= 15 is 0 Å². The molecule has 6 heteroatoms. The average molecular weight is 248 g/mol. The molecule has 0 aliphatic carbocycles. The van der Waals surface area contributed by atoms with Crippen LogP contribution in [-0.2, 0) is 9.24 Å². The van der Waals surface area contributed by atoms with Gasteiger partial charge in [-0.25, -0.2) is 0 Å². The van der Waals surface area contributed by atoms with Crippen LogP contribution < -0.4 is 0 Å². The molecule has 0 aromatic heterocycles. The third kappa shape index (κ3) is 5.73. The zero-order valence-electron chi connectivity index (χ0n) is 7.83. The number of hydrogen-bond acceptors (Lipinski definition) is 2. The molecule has 1 atom stereocenters. The lowest BCUT2D eigenvalue weighted by molar-refractivity contribution is 0.399. The monoisotopic (exact) mass is 247 g/mol. The lowest BCUT2D eigenvalue weighted by atomic mass is 10.2. The third-order valence-electron chi connectivity index (χ3n) is 1.66.